The smallest absolute Gasteiger partial charge is 0.352 e. The lowest BCUT2D eigenvalue weighted by molar-refractivity contribution is -0.147. The first-order valence-corrected chi connectivity index (χ1v) is 10.1. The Morgan fingerprint density at radius 1 is 1.48 bits per heavy atom. The van der Waals surface area contributed by atoms with Crippen LogP contribution in [0.1, 0.15) is 0 Å². The molecule has 0 spiro atoms. The molecule has 0 bridgehead atoms. The number of nitrogens with two attached hydrogens (primary N) is 1. The lowest BCUT2D eigenvalue weighted by Gasteiger charge is -2.48. The monoisotopic (exact) mass is 404 g/mol. The normalized spacial score (nSPS) is 21.9. The highest BCUT2D eigenvalue weighted by Crippen LogP contribution is 2.40. The maximum Gasteiger partial charge on any atom is 0.352 e. The van der Waals surface area contributed by atoms with Crippen LogP contribution >= 0.6 is 23.5 Å². The number of carbonyl (C=O) groups is 2. The summed E-state index contributed by atoms with van der Waals surface area (Å²) >= 11 is 2.87. The Kier molecular flexibility index (Phi) is 4.66. The van der Waals surface area contributed by atoms with Crippen LogP contribution in [0.15, 0.2) is 41.0 Å². The standard InChI is InChI=1S/C16H16N6O3S2/c1-21-12(8-3-2-4-18-5-8)19-20-16(21)27-7-9-6-26-14-10(17)13(23)22(14)11(9)15(24)25/h2-5,10,14H,6-7,17H2,1H3,(H,24,25)/t10-,14?/m1/s1. The van der Waals surface area contributed by atoms with Crippen LogP contribution in [0, 0.1) is 0 Å². The number of hydrogen-bond donors (Lipinski definition) is 2. The minimum absolute atomic E-state index is 0.0487. The van der Waals surface area contributed by atoms with Crippen molar-refractivity contribution in [3.05, 3.63) is 35.8 Å². The van der Waals surface area contributed by atoms with Crippen LogP contribution in [0.3, 0.4) is 0 Å². The second-order valence-electron chi connectivity index (χ2n) is 6.09. The molecule has 1 fully saturated rings. The molecule has 27 heavy (non-hydrogen) atoms. The SMILES string of the molecule is Cn1c(SCC2=C(C(=O)O)N3C(=O)[C@@H](N)C3SC2)nnc1-c1cccnc1. The van der Waals surface area contributed by atoms with E-state index in [1.54, 1.807) is 12.4 Å². The molecule has 2 aliphatic rings. The quantitative estimate of drug-likeness (QED) is 0.542. The van der Waals surface area contributed by atoms with Crippen LogP contribution in [-0.2, 0) is 16.6 Å². The number of amides is 1. The minimum atomic E-state index is -1.11. The van der Waals surface area contributed by atoms with Gasteiger partial charge in [-0.2, -0.15) is 0 Å². The molecule has 1 amide bonds. The van der Waals surface area contributed by atoms with Gasteiger partial charge in [-0.1, -0.05) is 11.8 Å². The van der Waals surface area contributed by atoms with Crippen molar-refractivity contribution < 1.29 is 14.7 Å². The van der Waals surface area contributed by atoms with Crippen molar-refractivity contribution in [1.29, 1.82) is 0 Å². The number of pyridine rings is 1. The maximum absolute atomic E-state index is 12.0. The summed E-state index contributed by atoms with van der Waals surface area (Å²) in [5.41, 5.74) is 7.35. The summed E-state index contributed by atoms with van der Waals surface area (Å²) in [5, 5.41) is 18.3. The van der Waals surface area contributed by atoms with E-state index >= 15 is 0 Å². The lowest BCUT2D eigenvalue weighted by Crippen LogP contribution is -2.68. The molecule has 0 radical (unpaired) electrons. The molecule has 0 aliphatic carbocycles. The summed E-state index contributed by atoms with van der Waals surface area (Å²) in [4.78, 5) is 29.1. The van der Waals surface area contributed by atoms with E-state index in [2.05, 4.69) is 15.2 Å². The number of aliphatic carboxylic acids is 1. The fourth-order valence-corrected chi connectivity index (χ4v) is 5.37. The topological polar surface area (TPSA) is 127 Å². The highest BCUT2D eigenvalue weighted by atomic mass is 32.2. The van der Waals surface area contributed by atoms with Crippen molar-refractivity contribution >= 4 is 35.4 Å². The van der Waals surface area contributed by atoms with Crippen LogP contribution in [-0.4, -0.2) is 64.6 Å². The van der Waals surface area contributed by atoms with Gasteiger partial charge in [-0.05, 0) is 17.7 Å². The highest BCUT2D eigenvalue weighted by Gasteiger charge is 2.51. The molecule has 2 aromatic rings. The number of carboxylic acid groups (broad SMARTS) is 1. The molecule has 2 atom stereocenters. The zero-order valence-electron chi connectivity index (χ0n) is 14.3. The fraction of sp³-hybridized carbons (Fsp3) is 0.312. The van der Waals surface area contributed by atoms with E-state index in [9.17, 15) is 14.7 Å². The number of nitrogens with zero attached hydrogens (tertiary/aromatic N) is 5. The fourth-order valence-electron chi connectivity index (χ4n) is 3.03. The summed E-state index contributed by atoms with van der Waals surface area (Å²) in [6.45, 7) is 0. The summed E-state index contributed by atoms with van der Waals surface area (Å²) in [6.07, 6.45) is 3.40. The van der Waals surface area contributed by atoms with Crippen LogP contribution in [0.5, 0.6) is 0 Å². The van der Waals surface area contributed by atoms with Gasteiger partial charge in [-0.25, -0.2) is 4.79 Å². The molecule has 11 heteroatoms. The second kappa shape index (κ2) is 6.98. The molecule has 4 rings (SSSR count). The Hall–Kier alpha value is -2.37. The molecule has 4 heterocycles. The molecule has 0 saturated carbocycles. The van der Waals surface area contributed by atoms with Crippen LogP contribution in [0.4, 0.5) is 0 Å². The summed E-state index contributed by atoms with van der Waals surface area (Å²) in [6, 6.07) is 3.10. The molecule has 1 saturated heterocycles. The van der Waals surface area contributed by atoms with Gasteiger partial charge in [0.05, 0.1) is 0 Å². The molecule has 9 nitrogen and oxygen atoms in total. The first-order chi connectivity index (χ1) is 13.0. The van der Waals surface area contributed by atoms with Gasteiger partial charge in [0, 0.05) is 36.5 Å². The Morgan fingerprint density at radius 3 is 3.00 bits per heavy atom. The van der Waals surface area contributed by atoms with Crippen LogP contribution in [0.25, 0.3) is 11.4 Å². The molecule has 1 unspecified atom stereocenters. The van der Waals surface area contributed by atoms with E-state index in [0.717, 1.165) is 5.56 Å². The van der Waals surface area contributed by atoms with Gasteiger partial charge in [0.1, 0.15) is 17.1 Å². The maximum atomic E-state index is 12.0. The first-order valence-electron chi connectivity index (χ1n) is 8.07. The van der Waals surface area contributed by atoms with Crippen molar-refractivity contribution in [2.45, 2.75) is 16.6 Å². The molecular weight excluding hydrogens is 388 g/mol. The molecule has 140 valence electrons. The number of fused-ring (bicyclic) bond motifs is 1. The van der Waals surface area contributed by atoms with Crippen molar-refractivity contribution in [3.8, 4) is 11.4 Å². The Bertz CT molecular complexity index is 945. The molecule has 3 N–H and O–H groups in total. The number of β-lactam (4-membered cyclic amide) rings is 1. The van der Waals surface area contributed by atoms with Crippen molar-refractivity contribution in [2.75, 3.05) is 11.5 Å². The average Bonchev–Trinajstić information content (AvgIpc) is 3.05. The van der Waals surface area contributed by atoms with E-state index in [1.165, 1.54) is 28.4 Å². The zero-order chi connectivity index (χ0) is 19.1. The summed E-state index contributed by atoms with van der Waals surface area (Å²) < 4.78 is 1.84. The molecular formula is C16H16N6O3S2. The summed E-state index contributed by atoms with van der Waals surface area (Å²) in [5.74, 6) is 0.151. The number of carbonyl (C=O) groups excluding carboxylic acids is 1. The van der Waals surface area contributed by atoms with E-state index < -0.39 is 12.0 Å². The predicted octanol–water partition coefficient (Wildman–Crippen LogP) is 0.550. The first kappa shape index (κ1) is 18.0. The van der Waals surface area contributed by atoms with E-state index in [-0.39, 0.29) is 17.0 Å². The largest absolute Gasteiger partial charge is 0.477 e. The van der Waals surface area contributed by atoms with Crippen molar-refractivity contribution in [1.82, 2.24) is 24.6 Å². The van der Waals surface area contributed by atoms with Crippen molar-refractivity contribution in [3.63, 3.8) is 0 Å². The summed E-state index contributed by atoms with van der Waals surface area (Å²) in [7, 11) is 1.85. The van der Waals surface area contributed by atoms with Gasteiger partial charge in [0.25, 0.3) is 0 Å². The van der Waals surface area contributed by atoms with Crippen molar-refractivity contribution in [2.24, 2.45) is 12.8 Å². The van der Waals surface area contributed by atoms with Gasteiger partial charge in [-0.15, -0.1) is 22.0 Å². The average molecular weight is 404 g/mol. The lowest BCUT2D eigenvalue weighted by atomic mass is 10.0. The van der Waals surface area contributed by atoms with E-state index in [1.807, 2.05) is 23.7 Å². The van der Waals surface area contributed by atoms with E-state index in [0.29, 0.717) is 28.1 Å². The number of aromatic nitrogens is 4. The van der Waals surface area contributed by atoms with Gasteiger partial charge in [0.15, 0.2) is 11.0 Å². The second-order valence-corrected chi connectivity index (χ2v) is 8.14. The molecule has 0 aromatic carbocycles. The number of rotatable bonds is 5. The predicted molar refractivity (Wildman–Crippen MR) is 101 cm³/mol. The molecule has 2 aliphatic heterocycles. The van der Waals surface area contributed by atoms with Gasteiger partial charge < -0.3 is 15.4 Å². The Morgan fingerprint density at radius 2 is 2.30 bits per heavy atom. The number of hydrogen-bond acceptors (Lipinski definition) is 8. The minimum Gasteiger partial charge on any atom is -0.477 e. The zero-order valence-corrected chi connectivity index (χ0v) is 15.9. The third-order valence-corrected chi connectivity index (χ3v) is 6.89. The Balaban J connectivity index is 1.56. The van der Waals surface area contributed by atoms with E-state index in [4.69, 9.17) is 5.73 Å². The number of thioether (sulfide) groups is 2. The van der Waals surface area contributed by atoms with Crippen LogP contribution in [0.2, 0.25) is 0 Å². The number of carboxylic acids is 1. The highest BCUT2D eigenvalue weighted by molar-refractivity contribution is 8.01. The third-order valence-electron chi connectivity index (χ3n) is 4.42. The van der Waals surface area contributed by atoms with Crippen LogP contribution < -0.4 is 5.73 Å². The third kappa shape index (κ3) is 3.01. The van der Waals surface area contributed by atoms with Gasteiger partial charge >= 0.3 is 5.97 Å². The van der Waals surface area contributed by atoms with Gasteiger partial charge in [-0.3, -0.25) is 14.7 Å². The van der Waals surface area contributed by atoms with Gasteiger partial charge in [0.2, 0.25) is 5.91 Å². The Labute approximate surface area is 163 Å². The molecule has 2 aromatic heterocycles.